The molecule has 0 unspecified atom stereocenters. The van der Waals surface area contributed by atoms with Gasteiger partial charge in [-0.2, -0.15) is 0 Å². The van der Waals surface area contributed by atoms with Crippen LogP contribution in [-0.4, -0.2) is 15.9 Å². The van der Waals surface area contributed by atoms with E-state index in [1.54, 1.807) is 23.5 Å². The fraction of sp³-hybridized carbons (Fsp3) is 0.235. The molecule has 0 fully saturated rings. The number of aromatic nitrogens is 2. The summed E-state index contributed by atoms with van der Waals surface area (Å²) in [5.41, 5.74) is 8.05. The maximum atomic E-state index is 11.2. The average molecular weight is 324 g/mol. The first-order chi connectivity index (χ1) is 11.1. The number of anilines is 2. The topological polar surface area (TPSA) is 80.9 Å². The van der Waals surface area contributed by atoms with Crippen LogP contribution >= 0.6 is 11.3 Å². The Hall–Kier alpha value is -2.47. The van der Waals surface area contributed by atoms with Crippen molar-refractivity contribution in [2.75, 3.05) is 5.32 Å². The van der Waals surface area contributed by atoms with Crippen molar-refractivity contribution in [2.24, 2.45) is 5.73 Å². The van der Waals surface area contributed by atoms with Crippen LogP contribution in [0.1, 0.15) is 33.0 Å². The van der Waals surface area contributed by atoms with Gasteiger partial charge in [-0.1, -0.05) is 0 Å². The van der Waals surface area contributed by atoms with Gasteiger partial charge in [-0.05, 0) is 56.0 Å². The highest BCUT2D eigenvalue weighted by atomic mass is 32.1. The zero-order valence-corrected chi connectivity index (χ0v) is 13.5. The van der Waals surface area contributed by atoms with Gasteiger partial charge in [0.05, 0.1) is 5.39 Å². The number of hydrogen-bond acceptors (Lipinski definition) is 5. The maximum Gasteiger partial charge on any atom is 0.248 e. The Morgan fingerprint density at radius 3 is 2.74 bits per heavy atom. The molecule has 0 spiro atoms. The molecule has 2 aromatic heterocycles. The van der Waals surface area contributed by atoms with Crippen LogP contribution in [0.25, 0.3) is 10.2 Å². The monoisotopic (exact) mass is 324 g/mol. The van der Waals surface area contributed by atoms with E-state index in [2.05, 4.69) is 15.3 Å². The van der Waals surface area contributed by atoms with Crippen molar-refractivity contribution in [2.45, 2.75) is 26.2 Å². The second-order valence-electron chi connectivity index (χ2n) is 5.72. The summed E-state index contributed by atoms with van der Waals surface area (Å²) >= 11 is 1.78. The third-order valence-corrected chi connectivity index (χ3v) is 5.29. The number of carbonyl (C=O) groups excluding carboxylic acids is 1. The van der Waals surface area contributed by atoms with Gasteiger partial charge in [-0.15, -0.1) is 11.3 Å². The average Bonchev–Trinajstić information content (AvgIpc) is 3.07. The van der Waals surface area contributed by atoms with Crippen LogP contribution in [0.2, 0.25) is 0 Å². The van der Waals surface area contributed by atoms with Crippen LogP contribution in [-0.2, 0) is 12.8 Å². The Kier molecular flexibility index (Phi) is 3.27. The Balaban J connectivity index is 1.77. The highest BCUT2D eigenvalue weighted by Gasteiger charge is 2.21. The molecular weight excluding hydrogens is 308 g/mol. The molecule has 2 heterocycles. The summed E-state index contributed by atoms with van der Waals surface area (Å²) in [6, 6.07) is 7.12. The number of rotatable bonds is 3. The molecule has 0 bridgehead atoms. The molecule has 1 amide bonds. The SMILES string of the molecule is Cc1nc(Nc2ccc(C(N)=O)cc2)c2c3c(sc2n1)CCC3. The largest absolute Gasteiger partial charge is 0.366 e. The molecule has 0 aliphatic heterocycles. The first-order valence-corrected chi connectivity index (χ1v) is 8.39. The highest BCUT2D eigenvalue weighted by Crippen LogP contribution is 2.40. The van der Waals surface area contributed by atoms with E-state index in [0.29, 0.717) is 5.56 Å². The molecule has 0 radical (unpaired) electrons. The van der Waals surface area contributed by atoms with Gasteiger partial charge in [0.2, 0.25) is 5.91 Å². The lowest BCUT2D eigenvalue weighted by Crippen LogP contribution is -2.10. The fourth-order valence-electron chi connectivity index (χ4n) is 3.05. The smallest absolute Gasteiger partial charge is 0.248 e. The zero-order chi connectivity index (χ0) is 16.0. The molecule has 1 aliphatic rings. The lowest BCUT2D eigenvalue weighted by atomic mass is 10.1. The van der Waals surface area contributed by atoms with E-state index in [9.17, 15) is 4.79 Å². The predicted molar refractivity (Wildman–Crippen MR) is 92.4 cm³/mol. The molecule has 1 aromatic carbocycles. The van der Waals surface area contributed by atoms with Gasteiger partial charge >= 0.3 is 0 Å². The number of nitrogens with one attached hydrogen (secondary N) is 1. The van der Waals surface area contributed by atoms with E-state index in [0.717, 1.165) is 40.4 Å². The van der Waals surface area contributed by atoms with Crippen molar-refractivity contribution >= 4 is 39.0 Å². The van der Waals surface area contributed by atoms with E-state index in [4.69, 9.17) is 5.73 Å². The molecule has 0 saturated carbocycles. The summed E-state index contributed by atoms with van der Waals surface area (Å²) in [4.78, 5) is 22.8. The van der Waals surface area contributed by atoms with Crippen molar-refractivity contribution < 1.29 is 4.79 Å². The fourth-order valence-corrected chi connectivity index (χ4v) is 4.35. The Morgan fingerprint density at radius 2 is 2.00 bits per heavy atom. The third-order valence-electron chi connectivity index (χ3n) is 4.11. The van der Waals surface area contributed by atoms with Gasteiger partial charge in [0.1, 0.15) is 16.5 Å². The van der Waals surface area contributed by atoms with Gasteiger partial charge < -0.3 is 11.1 Å². The number of amides is 1. The minimum absolute atomic E-state index is 0.424. The second-order valence-corrected chi connectivity index (χ2v) is 6.81. The maximum absolute atomic E-state index is 11.2. The van der Waals surface area contributed by atoms with Crippen molar-refractivity contribution in [3.8, 4) is 0 Å². The van der Waals surface area contributed by atoms with Gasteiger partial charge in [-0.25, -0.2) is 9.97 Å². The Bertz CT molecular complexity index is 914. The summed E-state index contributed by atoms with van der Waals surface area (Å²) in [5.74, 6) is 1.18. The van der Waals surface area contributed by atoms with Crippen molar-refractivity contribution in [1.82, 2.24) is 9.97 Å². The standard InChI is InChI=1S/C17H16N4OS/c1-9-19-16(21-11-7-5-10(6-8-11)15(18)22)14-12-3-2-4-13(12)23-17(14)20-9/h5-8H,2-4H2,1H3,(H2,18,22)(H,19,20,21). The van der Waals surface area contributed by atoms with E-state index in [-0.39, 0.29) is 0 Å². The van der Waals surface area contributed by atoms with Crippen molar-refractivity contribution in [3.05, 3.63) is 46.1 Å². The first-order valence-electron chi connectivity index (χ1n) is 7.57. The third kappa shape index (κ3) is 2.45. The molecular formula is C17H16N4OS. The number of nitrogens with two attached hydrogens (primary N) is 1. The van der Waals surface area contributed by atoms with E-state index in [1.165, 1.54) is 16.9 Å². The quantitative estimate of drug-likeness (QED) is 0.774. The summed E-state index contributed by atoms with van der Waals surface area (Å²) in [6.07, 6.45) is 3.44. The zero-order valence-electron chi connectivity index (χ0n) is 12.7. The van der Waals surface area contributed by atoms with Crippen molar-refractivity contribution in [1.29, 1.82) is 0 Å². The molecule has 116 valence electrons. The number of carbonyl (C=O) groups is 1. The molecule has 1 aliphatic carbocycles. The highest BCUT2D eigenvalue weighted by molar-refractivity contribution is 7.19. The van der Waals surface area contributed by atoms with Crippen molar-refractivity contribution in [3.63, 3.8) is 0 Å². The minimum atomic E-state index is -0.424. The van der Waals surface area contributed by atoms with E-state index >= 15 is 0 Å². The summed E-state index contributed by atoms with van der Waals surface area (Å²) in [5, 5.41) is 4.52. The van der Waals surface area contributed by atoms with E-state index in [1.807, 2.05) is 19.1 Å². The van der Waals surface area contributed by atoms with Crippen LogP contribution < -0.4 is 11.1 Å². The van der Waals surface area contributed by atoms with Gasteiger partial charge in [0.15, 0.2) is 0 Å². The number of hydrogen-bond donors (Lipinski definition) is 2. The van der Waals surface area contributed by atoms with Crippen LogP contribution in [0.4, 0.5) is 11.5 Å². The molecule has 0 saturated heterocycles. The number of thiophene rings is 1. The molecule has 5 nitrogen and oxygen atoms in total. The minimum Gasteiger partial charge on any atom is -0.366 e. The normalized spacial score (nSPS) is 13.3. The Labute approximate surface area is 137 Å². The van der Waals surface area contributed by atoms with Crippen LogP contribution in [0, 0.1) is 6.92 Å². The lowest BCUT2D eigenvalue weighted by molar-refractivity contribution is 0.100. The van der Waals surface area contributed by atoms with Gasteiger partial charge in [0.25, 0.3) is 0 Å². The molecule has 3 N–H and O–H groups in total. The molecule has 0 atom stereocenters. The second kappa shape index (κ2) is 5.31. The summed E-state index contributed by atoms with van der Waals surface area (Å²) < 4.78 is 0. The van der Waals surface area contributed by atoms with Crippen LogP contribution in [0.3, 0.4) is 0 Å². The van der Waals surface area contributed by atoms with Crippen LogP contribution in [0.15, 0.2) is 24.3 Å². The number of nitrogens with zero attached hydrogens (tertiary/aromatic N) is 2. The van der Waals surface area contributed by atoms with Crippen LogP contribution in [0.5, 0.6) is 0 Å². The summed E-state index contributed by atoms with van der Waals surface area (Å²) in [6.45, 7) is 1.91. The van der Waals surface area contributed by atoms with Gasteiger partial charge in [-0.3, -0.25) is 4.79 Å². The number of aryl methyl sites for hydroxylation is 3. The molecule has 6 heteroatoms. The first kappa shape index (κ1) is 14.1. The molecule has 4 rings (SSSR count). The number of benzene rings is 1. The van der Waals surface area contributed by atoms with E-state index < -0.39 is 5.91 Å². The molecule has 23 heavy (non-hydrogen) atoms. The number of fused-ring (bicyclic) bond motifs is 3. The summed E-state index contributed by atoms with van der Waals surface area (Å²) in [7, 11) is 0. The Morgan fingerprint density at radius 1 is 1.22 bits per heavy atom. The lowest BCUT2D eigenvalue weighted by Gasteiger charge is -2.09. The number of primary amides is 1. The van der Waals surface area contributed by atoms with Gasteiger partial charge in [0, 0.05) is 16.1 Å². The predicted octanol–water partition coefficient (Wildman–Crippen LogP) is 3.33. The molecule has 3 aromatic rings.